The average molecular weight is 376 g/mol. The first-order valence-electron chi connectivity index (χ1n) is 9.70. The highest BCUT2D eigenvalue weighted by Gasteiger charge is 2.29. The van der Waals surface area contributed by atoms with E-state index in [2.05, 4.69) is 78.9 Å². The van der Waals surface area contributed by atoms with Crippen LogP contribution in [0.3, 0.4) is 0 Å². The molecule has 0 aliphatic heterocycles. The van der Waals surface area contributed by atoms with Gasteiger partial charge in [0.2, 0.25) is 0 Å². The number of hydrogen-bond donors (Lipinski definition) is 0. The summed E-state index contributed by atoms with van der Waals surface area (Å²) in [7, 11) is 0. The summed E-state index contributed by atoms with van der Waals surface area (Å²) in [5.41, 5.74) is 6.40. The predicted octanol–water partition coefficient (Wildman–Crippen LogP) is 7.55. The van der Waals surface area contributed by atoms with Gasteiger partial charge >= 0.3 is 0 Å². The highest BCUT2D eigenvalue weighted by Crippen LogP contribution is 2.48. The molecule has 2 heteroatoms. The van der Waals surface area contributed by atoms with Crippen molar-refractivity contribution in [2.24, 2.45) is 0 Å². The van der Waals surface area contributed by atoms with Gasteiger partial charge in [-0.2, -0.15) is 0 Å². The van der Waals surface area contributed by atoms with Crippen molar-refractivity contribution in [3.63, 3.8) is 0 Å². The van der Waals surface area contributed by atoms with Gasteiger partial charge < -0.3 is 4.42 Å². The van der Waals surface area contributed by atoms with Crippen molar-refractivity contribution in [1.82, 2.24) is 0 Å². The van der Waals surface area contributed by atoms with Gasteiger partial charge in [-0.1, -0.05) is 48.6 Å². The molecule has 0 radical (unpaired) electrons. The van der Waals surface area contributed by atoms with Crippen molar-refractivity contribution in [2.45, 2.75) is 12.3 Å². The van der Waals surface area contributed by atoms with Crippen molar-refractivity contribution in [3.8, 4) is 0 Å². The van der Waals surface area contributed by atoms with Crippen LogP contribution in [0.1, 0.15) is 28.4 Å². The number of thiophene rings is 1. The lowest BCUT2D eigenvalue weighted by Crippen LogP contribution is -1.84. The minimum Gasteiger partial charge on any atom is -0.460 e. The maximum atomic E-state index is 5.98. The number of fused-ring (bicyclic) bond motifs is 6. The molecule has 0 amide bonds. The lowest BCUT2D eigenvalue weighted by atomic mass is 10.00. The van der Waals surface area contributed by atoms with Crippen LogP contribution in [0.15, 0.2) is 77.2 Å². The second-order valence-corrected chi connectivity index (χ2v) is 8.79. The Kier molecular flexibility index (Phi) is 2.79. The zero-order valence-electron chi connectivity index (χ0n) is 15.1. The topological polar surface area (TPSA) is 13.1 Å². The number of allylic oxidation sites excluding steroid dienone is 3. The molecule has 28 heavy (non-hydrogen) atoms. The van der Waals surface area contributed by atoms with E-state index in [-0.39, 0.29) is 0 Å². The van der Waals surface area contributed by atoms with Gasteiger partial charge in [-0.3, -0.25) is 0 Å². The van der Waals surface area contributed by atoms with Gasteiger partial charge in [0.15, 0.2) is 0 Å². The predicted molar refractivity (Wildman–Crippen MR) is 119 cm³/mol. The summed E-state index contributed by atoms with van der Waals surface area (Å²) in [5, 5.41) is 3.99. The Balaban J connectivity index is 1.29. The van der Waals surface area contributed by atoms with Gasteiger partial charge in [-0.15, -0.1) is 11.3 Å². The van der Waals surface area contributed by atoms with E-state index in [0.717, 1.165) is 17.8 Å². The summed E-state index contributed by atoms with van der Waals surface area (Å²) >= 11 is 1.88. The molecular formula is C26H16OS. The minimum absolute atomic E-state index is 0.427. The van der Waals surface area contributed by atoms with E-state index in [1.165, 1.54) is 47.8 Å². The molecule has 2 aliphatic carbocycles. The normalized spacial score (nSPS) is 17.6. The fraction of sp³-hybridized carbons (Fsp3) is 0.0769. The van der Waals surface area contributed by atoms with Crippen molar-refractivity contribution in [3.05, 3.63) is 95.3 Å². The fourth-order valence-corrected chi connectivity index (χ4v) is 5.67. The van der Waals surface area contributed by atoms with Gasteiger partial charge in [0.25, 0.3) is 0 Å². The molecule has 0 bridgehead atoms. The molecule has 5 aromatic rings. The van der Waals surface area contributed by atoms with Crippen LogP contribution in [0.4, 0.5) is 0 Å². The largest absolute Gasteiger partial charge is 0.460 e. The maximum Gasteiger partial charge on any atom is 0.134 e. The van der Waals surface area contributed by atoms with E-state index < -0.39 is 0 Å². The molecule has 1 unspecified atom stereocenters. The Bertz CT molecular complexity index is 1490. The Morgan fingerprint density at radius 3 is 2.79 bits per heavy atom. The van der Waals surface area contributed by atoms with Crippen LogP contribution >= 0.6 is 11.3 Å². The van der Waals surface area contributed by atoms with E-state index in [1.54, 1.807) is 0 Å². The van der Waals surface area contributed by atoms with Crippen LogP contribution < -0.4 is 0 Å². The molecule has 0 saturated heterocycles. The molecule has 2 heterocycles. The molecule has 3 aromatic carbocycles. The molecule has 0 spiro atoms. The average Bonchev–Trinajstić information content (AvgIpc) is 3.07. The summed E-state index contributed by atoms with van der Waals surface area (Å²) in [6.07, 6.45) is 7.67. The Morgan fingerprint density at radius 2 is 1.79 bits per heavy atom. The molecule has 1 atom stereocenters. The van der Waals surface area contributed by atoms with Crippen LogP contribution in [0.5, 0.6) is 0 Å². The van der Waals surface area contributed by atoms with Gasteiger partial charge in [0.05, 0.1) is 0 Å². The first-order chi connectivity index (χ1) is 13.8. The second kappa shape index (κ2) is 5.24. The van der Waals surface area contributed by atoms with Gasteiger partial charge in [0.1, 0.15) is 11.3 Å². The van der Waals surface area contributed by atoms with Crippen molar-refractivity contribution in [1.29, 1.82) is 0 Å². The third-order valence-corrected chi connectivity index (χ3v) is 7.21. The molecule has 0 fully saturated rings. The van der Waals surface area contributed by atoms with E-state index in [1.807, 2.05) is 11.3 Å². The van der Waals surface area contributed by atoms with Crippen LogP contribution in [0, 0.1) is 0 Å². The zero-order valence-corrected chi connectivity index (χ0v) is 15.9. The molecule has 2 aliphatic rings. The molecule has 7 rings (SSSR count). The van der Waals surface area contributed by atoms with E-state index >= 15 is 0 Å². The van der Waals surface area contributed by atoms with Crippen LogP contribution in [0.25, 0.3) is 42.8 Å². The maximum absolute atomic E-state index is 5.98. The zero-order chi connectivity index (χ0) is 18.2. The van der Waals surface area contributed by atoms with Gasteiger partial charge in [-0.05, 0) is 47.0 Å². The molecule has 2 aromatic heterocycles. The quantitative estimate of drug-likeness (QED) is 0.310. The molecular weight excluding hydrogens is 360 g/mol. The van der Waals surface area contributed by atoms with Crippen LogP contribution in [-0.2, 0) is 6.42 Å². The first kappa shape index (κ1) is 14.9. The molecule has 132 valence electrons. The summed E-state index contributed by atoms with van der Waals surface area (Å²) in [6, 6.07) is 22.3. The fourth-order valence-electron chi connectivity index (χ4n) is 4.59. The van der Waals surface area contributed by atoms with Crippen molar-refractivity contribution >= 4 is 54.1 Å². The van der Waals surface area contributed by atoms with Crippen LogP contribution in [-0.4, -0.2) is 0 Å². The molecule has 0 N–H and O–H groups in total. The Labute approximate surface area is 166 Å². The van der Waals surface area contributed by atoms with Gasteiger partial charge in [-0.25, -0.2) is 0 Å². The number of benzene rings is 3. The highest BCUT2D eigenvalue weighted by molar-refractivity contribution is 7.25. The third kappa shape index (κ3) is 2.01. The van der Waals surface area contributed by atoms with Crippen molar-refractivity contribution in [2.75, 3.05) is 0 Å². The third-order valence-electron chi connectivity index (χ3n) is 6.06. The lowest BCUT2D eigenvalue weighted by molar-refractivity contribution is 0.567. The summed E-state index contributed by atoms with van der Waals surface area (Å²) in [6.45, 7) is 0. The van der Waals surface area contributed by atoms with Crippen LogP contribution in [0.2, 0.25) is 0 Å². The monoisotopic (exact) mass is 376 g/mol. The van der Waals surface area contributed by atoms with E-state index in [0.29, 0.717) is 5.92 Å². The lowest BCUT2D eigenvalue weighted by Gasteiger charge is -2.03. The Morgan fingerprint density at radius 1 is 0.857 bits per heavy atom. The summed E-state index contributed by atoms with van der Waals surface area (Å²) in [4.78, 5) is 0. The van der Waals surface area contributed by atoms with Gasteiger partial charge in [0, 0.05) is 43.5 Å². The SMILES string of the molecule is C1=Cc2c(oc3ccc(C4=CC4c4ccc5sc6ccccc6c5c4)cc23)C1. The number of furan rings is 1. The highest BCUT2D eigenvalue weighted by atomic mass is 32.1. The molecule has 1 nitrogen and oxygen atoms in total. The van der Waals surface area contributed by atoms with E-state index in [4.69, 9.17) is 4.42 Å². The van der Waals surface area contributed by atoms with E-state index in [9.17, 15) is 0 Å². The smallest absolute Gasteiger partial charge is 0.134 e. The number of hydrogen-bond acceptors (Lipinski definition) is 2. The summed E-state index contributed by atoms with van der Waals surface area (Å²) in [5.74, 6) is 1.53. The standard InChI is InChI=1S/C26H16OS/c1-2-7-25-18(4-1)22-13-16(9-11-26(22)28-25)20-14-19(20)15-8-10-24-21(12-15)17-5-3-6-23(17)27-24/h1-5,7-14,20H,6H2. The van der Waals surface area contributed by atoms with Crippen molar-refractivity contribution < 1.29 is 4.42 Å². The number of rotatable bonds is 2. The first-order valence-corrected chi connectivity index (χ1v) is 10.5. The minimum atomic E-state index is 0.427. The second-order valence-electron chi connectivity index (χ2n) is 7.71. The Hall–Kier alpha value is -3.10. The molecule has 0 saturated carbocycles. The summed E-state index contributed by atoms with van der Waals surface area (Å²) < 4.78 is 8.71.